The van der Waals surface area contributed by atoms with Crippen molar-refractivity contribution in [3.63, 3.8) is 0 Å². The number of aromatic nitrogens is 1. The quantitative estimate of drug-likeness (QED) is 0.571. The molecule has 154 valence electrons. The number of nitrogens with zero attached hydrogens (tertiary/aromatic N) is 1. The molecule has 1 aromatic heterocycles. The van der Waals surface area contributed by atoms with Crippen LogP contribution in [0.3, 0.4) is 0 Å². The van der Waals surface area contributed by atoms with E-state index in [2.05, 4.69) is 10.3 Å². The molecule has 2 heterocycles. The Morgan fingerprint density at radius 2 is 2.03 bits per heavy atom. The molecule has 0 aliphatic carbocycles. The number of methoxy groups -OCH3 is 1. The van der Waals surface area contributed by atoms with E-state index < -0.39 is 35.7 Å². The molecular formula is C18H16F3N3O5. The van der Waals surface area contributed by atoms with Crippen LogP contribution in [-0.4, -0.2) is 46.0 Å². The maximum atomic E-state index is 13.8. The number of amides is 2. The molecule has 1 aliphatic rings. The number of hydrogen-bond donors (Lipinski definition) is 4. The largest absolute Gasteiger partial charge is 0.504 e. The summed E-state index contributed by atoms with van der Waals surface area (Å²) in [5.41, 5.74) is -4.02. The Bertz CT molecular complexity index is 938. The highest BCUT2D eigenvalue weighted by Crippen LogP contribution is 2.44. The van der Waals surface area contributed by atoms with Gasteiger partial charge in [-0.1, -0.05) is 6.07 Å². The van der Waals surface area contributed by atoms with Gasteiger partial charge < -0.3 is 25.6 Å². The molecule has 8 nitrogen and oxygen atoms in total. The molecule has 0 unspecified atom stereocenters. The van der Waals surface area contributed by atoms with Gasteiger partial charge in [-0.2, -0.15) is 13.2 Å². The molecule has 0 spiro atoms. The standard InChI is InChI=1S/C18H16F3N3O5/c1-29-12-7-9(4-5-11(12)25)14-13(15(26)10-3-2-6-22-8-10)17(28,18(19,20)21)24-16(27)23-14/h2-8,13-14,25,28H,1H3,(H2,23,24,27)/t13-,14+,17+/m0/s1. The number of benzene rings is 1. The fraction of sp³-hybridized carbons (Fsp3) is 0.278. The average Bonchev–Trinajstić information content (AvgIpc) is 2.67. The van der Waals surface area contributed by atoms with E-state index in [1.807, 2.05) is 0 Å². The lowest BCUT2D eigenvalue weighted by atomic mass is 9.77. The van der Waals surface area contributed by atoms with Gasteiger partial charge in [0, 0.05) is 18.0 Å². The van der Waals surface area contributed by atoms with Crippen LogP contribution in [0.5, 0.6) is 11.5 Å². The van der Waals surface area contributed by atoms with E-state index in [0.29, 0.717) is 0 Å². The van der Waals surface area contributed by atoms with Crippen LogP contribution in [0.2, 0.25) is 0 Å². The maximum Gasteiger partial charge on any atom is 0.437 e. The number of ether oxygens (including phenoxy) is 1. The van der Waals surface area contributed by atoms with Gasteiger partial charge >= 0.3 is 12.2 Å². The van der Waals surface area contributed by atoms with Crippen molar-refractivity contribution in [1.29, 1.82) is 0 Å². The van der Waals surface area contributed by atoms with Crippen LogP contribution in [0.1, 0.15) is 22.0 Å². The molecule has 3 rings (SSSR count). The molecule has 1 aliphatic heterocycles. The van der Waals surface area contributed by atoms with Gasteiger partial charge in [0.15, 0.2) is 17.3 Å². The molecule has 2 amide bonds. The third-order valence-electron chi connectivity index (χ3n) is 4.60. The maximum absolute atomic E-state index is 13.8. The van der Waals surface area contributed by atoms with Gasteiger partial charge in [-0.3, -0.25) is 9.78 Å². The number of aliphatic hydroxyl groups is 1. The summed E-state index contributed by atoms with van der Waals surface area (Å²) in [5, 5.41) is 23.9. The molecule has 1 fully saturated rings. The van der Waals surface area contributed by atoms with E-state index in [1.165, 1.54) is 42.9 Å². The van der Waals surface area contributed by atoms with Crippen LogP contribution in [-0.2, 0) is 0 Å². The van der Waals surface area contributed by atoms with E-state index in [0.717, 1.165) is 12.3 Å². The Kier molecular flexibility index (Phi) is 5.09. The smallest absolute Gasteiger partial charge is 0.437 e. The summed E-state index contributed by atoms with van der Waals surface area (Å²) in [6.07, 6.45) is -2.98. The molecule has 1 saturated heterocycles. The number of aromatic hydroxyl groups is 1. The Labute approximate surface area is 162 Å². The lowest BCUT2D eigenvalue weighted by Gasteiger charge is -2.45. The number of pyridine rings is 1. The summed E-state index contributed by atoms with van der Waals surface area (Å²) in [4.78, 5) is 28.7. The van der Waals surface area contributed by atoms with E-state index in [1.54, 1.807) is 0 Å². The number of phenolic OH excluding ortho intramolecular Hbond substituents is 1. The first-order valence-electron chi connectivity index (χ1n) is 8.27. The van der Waals surface area contributed by atoms with Crippen molar-refractivity contribution in [3.05, 3.63) is 53.9 Å². The number of halogens is 3. The van der Waals surface area contributed by atoms with Crippen molar-refractivity contribution in [1.82, 2.24) is 15.6 Å². The number of carbonyl (C=O) groups excluding carboxylic acids is 2. The van der Waals surface area contributed by atoms with Crippen LogP contribution in [0, 0.1) is 5.92 Å². The first kappa shape index (κ1) is 20.4. The number of hydrogen-bond acceptors (Lipinski definition) is 6. The molecule has 2 aromatic rings. The summed E-state index contributed by atoms with van der Waals surface area (Å²) in [5.74, 6) is -3.67. The summed E-state index contributed by atoms with van der Waals surface area (Å²) in [6.45, 7) is 0. The number of rotatable bonds is 4. The molecule has 0 radical (unpaired) electrons. The molecule has 29 heavy (non-hydrogen) atoms. The molecule has 3 atom stereocenters. The molecule has 11 heteroatoms. The van der Waals surface area contributed by atoms with Gasteiger partial charge in [0.05, 0.1) is 13.2 Å². The van der Waals surface area contributed by atoms with Crippen molar-refractivity contribution in [3.8, 4) is 11.5 Å². The summed E-state index contributed by atoms with van der Waals surface area (Å²) < 4.78 is 46.3. The molecular weight excluding hydrogens is 395 g/mol. The Morgan fingerprint density at radius 3 is 2.62 bits per heavy atom. The predicted octanol–water partition coefficient (Wildman–Crippen LogP) is 1.90. The van der Waals surface area contributed by atoms with Gasteiger partial charge in [0.25, 0.3) is 0 Å². The number of phenols is 1. The minimum atomic E-state index is -5.37. The van der Waals surface area contributed by atoms with Gasteiger partial charge in [0.1, 0.15) is 5.92 Å². The van der Waals surface area contributed by atoms with E-state index >= 15 is 0 Å². The second-order valence-corrected chi connectivity index (χ2v) is 6.36. The van der Waals surface area contributed by atoms with Crippen LogP contribution in [0.15, 0.2) is 42.7 Å². The summed E-state index contributed by atoms with van der Waals surface area (Å²) in [7, 11) is 1.23. The zero-order valence-electron chi connectivity index (χ0n) is 14.9. The van der Waals surface area contributed by atoms with Crippen molar-refractivity contribution in [2.45, 2.75) is 17.9 Å². The van der Waals surface area contributed by atoms with Gasteiger partial charge in [-0.25, -0.2) is 4.79 Å². The van der Waals surface area contributed by atoms with E-state index in [4.69, 9.17) is 4.74 Å². The van der Waals surface area contributed by atoms with Gasteiger partial charge in [-0.05, 0) is 29.8 Å². The Morgan fingerprint density at radius 1 is 1.31 bits per heavy atom. The van der Waals surface area contributed by atoms with Crippen molar-refractivity contribution in [2.24, 2.45) is 5.92 Å². The van der Waals surface area contributed by atoms with Crippen LogP contribution >= 0.6 is 0 Å². The number of nitrogens with one attached hydrogen (secondary N) is 2. The highest BCUT2D eigenvalue weighted by molar-refractivity contribution is 6.00. The second-order valence-electron chi connectivity index (χ2n) is 6.36. The SMILES string of the molecule is COc1cc([C@H]2NC(=O)N[C@](O)(C(F)(F)F)[C@@H]2C(=O)c2cccnc2)ccc1O. The van der Waals surface area contributed by atoms with Gasteiger partial charge in [0.2, 0.25) is 5.72 Å². The molecule has 0 saturated carbocycles. The average molecular weight is 411 g/mol. The first-order chi connectivity index (χ1) is 13.6. The third-order valence-corrected chi connectivity index (χ3v) is 4.60. The highest BCUT2D eigenvalue weighted by atomic mass is 19.4. The predicted molar refractivity (Wildman–Crippen MR) is 92.1 cm³/mol. The number of ketones is 1. The van der Waals surface area contributed by atoms with Crippen molar-refractivity contribution in [2.75, 3.05) is 7.11 Å². The van der Waals surface area contributed by atoms with Crippen molar-refractivity contribution < 1.29 is 37.7 Å². The minimum absolute atomic E-state index is 0.0133. The zero-order chi connectivity index (χ0) is 21.4. The monoisotopic (exact) mass is 411 g/mol. The third kappa shape index (κ3) is 3.56. The van der Waals surface area contributed by atoms with Crippen LogP contribution in [0.25, 0.3) is 0 Å². The lowest BCUT2D eigenvalue weighted by molar-refractivity contribution is -0.287. The zero-order valence-corrected chi connectivity index (χ0v) is 14.9. The topological polar surface area (TPSA) is 121 Å². The number of Topliss-reactive ketones (excluding diaryl/α,β-unsaturated/α-hetero) is 1. The minimum Gasteiger partial charge on any atom is -0.504 e. The first-order valence-corrected chi connectivity index (χ1v) is 8.27. The second kappa shape index (κ2) is 7.24. The lowest BCUT2D eigenvalue weighted by Crippen LogP contribution is -2.72. The van der Waals surface area contributed by atoms with E-state index in [9.17, 15) is 33.0 Å². The molecule has 1 aromatic carbocycles. The Hall–Kier alpha value is -3.34. The van der Waals surface area contributed by atoms with Crippen molar-refractivity contribution >= 4 is 11.8 Å². The van der Waals surface area contributed by atoms with Crippen LogP contribution < -0.4 is 15.4 Å². The number of alkyl halides is 3. The fourth-order valence-electron chi connectivity index (χ4n) is 3.19. The normalized spacial score (nSPS) is 24.4. The van der Waals surface area contributed by atoms with Gasteiger partial charge in [-0.15, -0.1) is 0 Å². The fourth-order valence-corrected chi connectivity index (χ4v) is 3.19. The summed E-state index contributed by atoms with van der Waals surface area (Å²) >= 11 is 0. The van der Waals surface area contributed by atoms with Crippen LogP contribution in [0.4, 0.5) is 18.0 Å². The van der Waals surface area contributed by atoms with E-state index in [-0.39, 0.29) is 22.6 Å². The number of urea groups is 1. The Balaban J connectivity index is 2.18. The highest BCUT2D eigenvalue weighted by Gasteiger charge is 2.66. The molecule has 4 N–H and O–H groups in total. The number of carbonyl (C=O) groups is 2. The molecule has 0 bridgehead atoms. The summed E-state index contributed by atoms with van der Waals surface area (Å²) in [6, 6.07) is 3.22.